The summed E-state index contributed by atoms with van der Waals surface area (Å²) in [7, 11) is 1.58. The SMILES string of the molecule is CCOC(=O)CC(c1ccc2c(c1)CCO2)N(Cc1ccc(OCCN2C(=O)CCC2=O)c(OC)c1)CC(C)C. The number of benzene rings is 2. The number of likely N-dealkylation sites (tertiary alicyclic amines) is 1. The van der Waals surface area contributed by atoms with Gasteiger partial charge >= 0.3 is 5.97 Å². The normalized spacial score (nSPS) is 15.4. The quantitative estimate of drug-likeness (QED) is 0.253. The van der Waals surface area contributed by atoms with Crippen LogP contribution in [0.4, 0.5) is 0 Å². The van der Waals surface area contributed by atoms with E-state index in [9.17, 15) is 14.4 Å². The molecule has 2 aliphatic rings. The van der Waals surface area contributed by atoms with Crippen molar-refractivity contribution in [2.45, 2.75) is 59.0 Å². The van der Waals surface area contributed by atoms with Gasteiger partial charge in [-0.1, -0.05) is 32.0 Å². The van der Waals surface area contributed by atoms with Gasteiger partial charge in [0.2, 0.25) is 11.8 Å². The number of esters is 1. The monoisotopic (exact) mass is 552 g/mol. The van der Waals surface area contributed by atoms with Crippen LogP contribution in [0.5, 0.6) is 17.2 Å². The maximum atomic E-state index is 12.7. The lowest BCUT2D eigenvalue weighted by molar-refractivity contribution is -0.145. The summed E-state index contributed by atoms with van der Waals surface area (Å²) < 4.78 is 22.6. The lowest BCUT2D eigenvalue weighted by Crippen LogP contribution is -2.33. The molecule has 40 heavy (non-hydrogen) atoms. The predicted molar refractivity (Wildman–Crippen MR) is 149 cm³/mol. The van der Waals surface area contributed by atoms with Crippen LogP contribution in [0, 0.1) is 5.92 Å². The van der Waals surface area contributed by atoms with Crippen molar-refractivity contribution in [1.82, 2.24) is 9.80 Å². The van der Waals surface area contributed by atoms with Crippen LogP contribution in [0.15, 0.2) is 36.4 Å². The maximum Gasteiger partial charge on any atom is 0.307 e. The molecule has 0 aromatic heterocycles. The molecular weight excluding hydrogens is 512 g/mol. The number of carbonyl (C=O) groups is 3. The lowest BCUT2D eigenvalue weighted by Gasteiger charge is -2.33. The van der Waals surface area contributed by atoms with E-state index in [1.54, 1.807) is 7.11 Å². The Morgan fingerprint density at radius 2 is 1.82 bits per heavy atom. The fourth-order valence-electron chi connectivity index (χ4n) is 5.30. The summed E-state index contributed by atoms with van der Waals surface area (Å²) in [6, 6.07) is 11.8. The molecule has 1 fully saturated rings. The largest absolute Gasteiger partial charge is 0.493 e. The summed E-state index contributed by atoms with van der Waals surface area (Å²) in [5, 5.41) is 0. The summed E-state index contributed by atoms with van der Waals surface area (Å²) >= 11 is 0. The van der Waals surface area contributed by atoms with E-state index in [1.807, 2.05) is 31.2 Å². The van der Waals surface area contributed by atoms with Gasteiger partial charge in [0.15, 0.2) is 11.5 Å². The van der Waals surface area contributed by atoms with Crippen molar-refractivity contribution in [1.29, 1.82) is 0 Å². The number of rotatable bonds is 14. The molecule has 0 N–H and O–H groups in total. The van der Waals surface area contributed by atoms with Gasteiger partial charge in [0.05, 0.1) is 33.3 Å². The topological polar surface area (TPSA) is 94.6 Å². The summed E-state index contributed by atoms with van der Waals surface area (Å²) in [4.78, 5) is 40.0. The predicted octanol–water partition coefficient (Wildman–Crippen LogP) is 4.31. The Labute approximate surface area is 236 Å². The number of imide groups is 1. The fourth-order valence-corrected chi connectivity index (χ4v) is 5.30. The summed E-state index contributed by atoms with van der Waals surface area (Å²) in [6.45, 7) is 8.93. The Kier molecular flexibility index (Phi) is 10.0. The smallest absolute Gasteiger partial charge is 0.307 e. The molecule has 9 heteroatoms. The Morgan fingerprint density at radius 3 is 2.52 bits per heavy atom. The van der Waals surface area contributed by atoms with Crippen molar-refractivity contribution in [2.75, 3.05) is 40.0 Å². The van der Waals surface area contributed by atoms with Crippen molar-refractivity contribution in [3.63, 3.8) is 0 Å². The van der Waals surface area contributed by atoms with Gasteiger partial charge in [-0.2, -0.15) is 0 Å². The number of methoxy groups -OCH3 is 1. The number of carbonyl (C=O) groups excluding carboxylic acids is 3. The van der Waals surface area contributed by atoms with E-state index in [4.69, 9.17) is 18.9 Å². The molecule has 4 rings (SSSR count). The first-order chi connectivity index (χ1) is 19.3. The number of hydrogen-bond acceptors (Lipinski definition) is 8. The highest BCUT2D eigenvalue weighted by atomic mass is 16.5. The number of hydrogen-bond donors (Lipinski definition) is 0. The molecule has 0 bridgehead atoms. The van der Waals surface area contributed by atoms with Crippen molar-refractivity contribution in [3.8, 4) is 17.2 Å². The standard InChI is InChI=1S/C31H40N2O7/c1-5-38-31(36)18-25(23-7-9-26-24(17-23)12-14-39-26)32(19-21(2)3)20-22-6-8-27(28(16-22)37-4)40-15-13-33-29(34)10-11-30(33)35/h6-9,16-17,21,25H,5,10-15,18-20H2,1-4H3. The van der Waals surface area contributed by atoms with Crippen LogP contribution in [0.1, 0.15) is 62.8 Å². The van der Waals surface area contributed by atoms with Crippen molar-refractivity contribution >= 4 is 17.8 Å². The molecule has 0 spiro atoms. The second-order valence-electron chi connectivity index (χ2n) is 10.6. The molecular formula is C31H40N2O7. The first kappa shape index (κ1) is 29.4. The van der Waals surface area contributed by atoms with Gasteiger partial charge in [-0.25, -0.2) is 0 Å². The zero-order chi connectivity index (χ0) is 28.6. The van der Waals surface area contributed by atoms with E-state index < -0.39 is 0 Å². The molecule has 9 nitrogen and oxygen atoms in total. The summed E-state index contributed by atoms with van der Waals surface area (Å²) in [6.07, 6.45) is 1.63. The number of amides is 2. The second kappa shape index (κ2) is 13.7. The number of nitrogens with zero attached hydrogens (tertiary/aromatic N) is 2. The van der Waals surface area contributed by atoms with Gasteiger partial charge in [-0.05, 0) is 47.7 Å². The van der Waals surface area contributed by atoms with Crippen LogP contribution >= 0.6 is 0 Å². The molecule has 0 aliphatic carbocycles. The average molecular weight is 553 g/mol. The van der Waals surface area contributed by atoms with Gasteiger partial charge < -0.3 is 18.9 Å². The van der Waals surface area contributed by atoms with Gasteiger partial charge in [0.1, 0.15) is 12.4 Å². The van der Waals surface area contributed by atoms with E-state index in [0.717, 1.165) is 35.4 Å². The Bertz CT molecular complexity index is 1200. The zero-order valence-corrected chi connectivity index (χ0v) is 23.9. The third-order valence-corrected chi connectivity index (χ3v) is 7.15. The zero-order valence-electron chi connectivity index (χ0n) is 23.9. The molecule has 2 aromatic rings. The van der Waals surface area contributed by atoms with Crippen LogP contribution in [0.25, 0.3) is 0 Å². The van der Waals surface area contributed by atoms with E-state index in [1.165, 1.54) is 4.90 Å². The van der Waals surface area contributed by atoms with Crippen LogP contribution in [-0.2, 0) is 32.1 Å². The van der Waals surface area contributed by atoms with Gasteiger partial charge in [-0.3, -0.25) is 24.2 Å². The minimum Gasteiger partial charge on any atom is -0.493 e. The molecule has 1 saturated heterocycles. The van der Waals surface area contributed by atoms with E-state index >= 15 is 0 Å². The minimum absolute atomic E-state index is 0.158. The second-order valence-corrected chi connectivity index (χ2v) is 10.6. The van der Waals surface area contributed by atoms with Gasteiger partial charge in [0.25, 0.3) is 0 Å². The highest BCUT2D eigenvalue weighted by Gasteiger charge is 2.29. The summed E-state index contributed by atoms with van der Waals surface area (Å²) in [5.41, 5.74) is 3.24. The third-order valence-electron chi connectivity index (χ3n) is 7.15. The maximum absolute atomic E-state index is 12.7. The molecule has 216 valence electrons. The molecule has 0 radical (unpaired) electrons. The lowest BCUT2D eigenvalue weighted by atomic mass is 9.97. The first-order valence-electron chi connectivity index (χ1n) is 14.1. The first-order valence-corrected chi connectivity index (χ1v) is 14.1. The molecule has 2 amide bonds. The van der Waals surface area contributed by atoms with Crippen LogP contribution in [-0.4, -0.2) is 67.6 Å². The minimum atomic E-state index is -0.228. The van der Waals surface area contributed by atoms with Crippen molar-refractivity contribution in [2.24, 2.45) is 5.92 Å². The molecule has 1 unspecified atom stereocenters. The van der Waals surface area contributed by atoms with E-state index in [0.29, 0.717) is 37.2 Å². The van der Waals surface area contributed by atoms with E-state index in [-0.39, 0.29) is 56.2 Å². The third kappa shape index (κ3) is 7.33. The molecule has 2 aliphatic heterocycles. The fraction of sp³-hybridized carbons (Fsp3) is 0.516. The van der Waals surface area contributed by atoms with E-state index in [2.05, 4.69) is 30.9 Å². The Hall–Kier alpha value is -3.59. The van der Waals surface area contributed by atoms with Gasteiger partial charge in [-0.15, -0.1) is 0 Å². The average Bonchev–Trinajstić information content (AvgIpc) is 3.53. The molecule has 0 saturated carbocycles. The van der Waals surface area contributed by atoms with Crippen molar-refractivity contribution in [3.05, 3.63) is 53.1 Å². The highest BCUT2D eigenvalue weighted by Crippen LogP contribution is 2.35. The van der Waals surface area contributed by atoms with Crippen molar-refractivity contribution < 1.29 is 33.3 Å². The highest BCUT2D eigenvalue weighted by molar-refractivity contribution is 6.01. The molecule has 1 atom stereocenters. The van der Waals surface area contributed by atoms with Gasteiger partial charge in [0, 0.05) is 38.4 Å². The Balaban J connectivity index is 1.53. The molecule has 2 aromatic carbocycles. The van der Waals surface area contributed by atoms with Crippen LogP contribution in [0.3, 0.4) is 0 Å². The summed E-state index contributed by atoms with van der Waals surface area (Å²) in [5.74, 6) is 1.84. The molecule has 2 heterocycles. The van der Waals surface area contributed by atoms with Crippen LogP contribution in [0.2, 0.25) is 0 Å². The number of ether oxygens (including phenoxy) is 4. The van der Waals surface area contributed by atoms with Crippen LogP contribution < -0.4 is 14.2 Å². The Morgan fingerprint density at radius 1 is 1.05 bits per heavy atom. The number of fused-ring (bicyclic) bond motifs is 1.